The monoisotopic (exact) mass is 525 g/mol. The average molecular weight is 526 g/mol. The summed E-state index contributed by atoms with van der Waals surface area (Å²) in [5.74, 6) is -1.47. The molecule has 0 bridgehead atoms. The van der Waals surface area contributed by atoms with Crippen LogP contribution in [0.15, 0.2) is 30.3 Å². The van der Waals surface area contributed by atoms with Gasteiger partial charge in [0.15, 0.2) is 0 Å². The Bertz CT molecular complexity index is 877. The lowest BCUT2D eigenvalue weighted by Crippen LogP contribution is -2.45. The highest BCUT2D eigenvalue weighted by molar-refractivity contribution is 8.14. The molecule has 4 amide bonds. The number of alkyl carbamates (subject to hydrolysis) is 1. The molecular formula is C23H35N5O7S. The lowest BCUT2D eigenvalue weighted by molar-refractivity contribution is -0.127. The van der Waals surface area contributed by atoms with Crippen LogP contribution in [0.2, 0.25) is 0 Å². The summed E-state index contributed by atoms with van der Waals surface area (Å²) >= 11 is 0.919. The SMILES string of the molecule is CC(C)(C)OC(=O)NCCCNC(=O)CNC(=O)CNC(=O)CNC(O)CSC(=O)c1ccccc1. The molecule has 1 aromatic rings. The first-order valence-electron chi connectivity index (χ1n) is 11.4. The molecule has 36 heavy (non-hydrogen) atoms. The molecule has 12 nitrogen and oxygen atoms in total. The first kappa shape index (κ1) is 30.9. The molecule has 200 valence electrons. The van der Waals surface area contributed by atoms with Crippen LogP contribution >= 0.6 is 11.8 Å². The van der Waals surface area contributed by atoms with Gasteiger partial charge < -0.3 is 31.1 Å². The van der Waals surface area contributed by atoms with Gasteiger partial charge in [-0.2, -0.15) is 0 Å². The predicted octanol–water partition coefficient (Wildman–Crippen LogP) is -0.269. The molecule has 0 radical (unpaired) electrons. The molecule has 0 aliphatic rings. The molecule has 13 heteroatoms. The molecule has 6 N–H and O–H groups in total. The maximum Gasteiger partial charge on any atom is 0.407 e. The van der Waals surface area contributed by atoms with Crippen molar-refractivity contribution in [3.8, 4) is 0 Å². The zero-order valence-corrected chi connectivity index (χ0v) is 21.5. The van der Waals surface area contributed by atoms with Gasteiger partial charge in [0.05, 0.1) is 19.6 Å². The molecule has 1 aromatic carbocycles. The molecule has 1 rings (SSSR count). The normalized spacial score (nSPS) is 11.7. The van der Waals surface area contributed by atoms with E-state index in [1.165, 1.54) is 0 Å². The molecule has 0 aliphatic heterocycles. The predicted molar refractivity (Wildman–Crippen MR) is 135 cm³/mol. The van der Waals surface area contributed by atoms with Crippen molar-refractivity contribution < 1.29 is 33.8 Å². The number of carbonyl (C=O) groups is 5. The number of thioether (sulfide) groups is 1. The van der Waals surface area contributed by atoms with Gasteiger partial charge in [-0.1, -0.05) is 42.1 Å². The highest BCUT2D eigenvalue weighted by Gasteiger charge is 2.15. The minimum Gasteiger partial charge on any atom is -0.444 e. The number of nitrogens with one attached hydrogen (secondary N) is 5. The molecule has 0 fully saturated rings. The van der Waals surface area contributed by atoms with E-state index < -0.39 is 35.6 Å². The fraction of sp³-hybridized carbons (Fsp3) is 0.522. The number of amides is 4. The first-order chi connectivity index (χ1) is 17.0. The molecule has 1 atom stereocenters. The number of carbonyl (C=O) groups excluding carboxylic acids is 5. The molecule has 0 saturated heterocycles. The standard InChI is InChI=1S/C23H35N5O7S/c1-23(2,3)35-22(34)25-11-7-10-24-17(29)12-26-18(30)13-27-19(31)14-28-20(32)15-36-21(33)16-8-5-4-6-9-16/h4-6,8-9,20,28,32H,7,10-15H2,1-3H3,(H,24,29)(H,25,34)(H,26,30)(H,27,31). The first-order valence-corrected chi connectivity index (χ1v) is 12.4. The second-order valence-corrected chi connectivity index (χ2v) is 9.54. The van der Waals surface area contributed by atoms with Crippen LogP contribution < -0.4 is 26.6 Å². The topological polar surface area (TPSA) is 175 Å². The van der Waals surface area contributed by atoms with Crippen molar-refractivity contribution in [2.45, 2.75) is 39.0 Å². The van der Waals surface area contributed by atoms with Crippen molar-refractivity contribution in [1.82, 2.24) is 26.6 Å². The summed E-state index contributed by atoms with van der Waals surface area (Å²) in [6.07, 6.45) is -1.15. The molecule has 0 heterocycles. The Balaban J connectivity index is 2.07. The van der Waals surface area contributed by atoms with Crippen molar-refractivity contribution in [3.63, 3.8) is 0 Å². The Hall–Kier alpha value is -3.16. The Morgan fingerprint density at radius 1 is 0.861 bits per heavy atom. The Labute approximate surface area is 214 Å². The van der Waals surface area contributed by atoms with Crippen LogP contribution in [0.25, 0.3) is 0 Å². The van der Waals surface area contributed by atoms with Gasteiger partial charge in [-0.25, -0.2) is 4.79 Å². The maximum atomic E-state index is 12.0. The molecule has 0 aromatic heterocycles. The largest absolute Gasteiger partial charge is 0.444 e. The molecule has 0 aliphatic carbocycles. The highest BCUT2D eigenvalue weighted by Crippen LogP contribution is 2.12. The minimum atomic E-state index is -1.09. The van der Waals surface area contributed by atoms with Crippen LogP contribution in [-0.4, -0.2) is 84.3 Å². The van der Waals surface area contributed by atoms with Gasteiger partial charge >= 0.3 is 6.09 Å². The fourth-order valence-electron chi connectivity index (χ4n) is 2.45. The Morgan fingerprint density at radius 2 is 1.42 bits per heavy atom. The van der Waals surface area contributed by atoms with E-state index in [2.05, 4.69) is 26.6 Å². The number of rotatable bonds is 14. The van der Waals surface area contributed by atoms with Crippen LogP contribution in [0.3, 0.4) is 0 Å². The molecule has 1 unspecified atom stereocenters. The number of aliphatic hydroxyl groups excluding tert-OH is 1. The van der Waals surface area contributed by atoms with E-state index in [0.29, 0.717) is 25.1 Å². The zero-order chi connectivity index (χ0) is 27.0. The van der Waals surface area contributed by atoms with E-state index in [4.69, 9.17) is 4.74 Å². The van der Waals surface area contributed by atoms with Gasteiger partial charge in [0.2, 0.25) is 22.8 Å². The van der Waals surface area contributed by atoms with Crippen molar-refractivity contribution in [3.05, 3.63) is 35.9 Å². The highest BCUT2D eigenvalue weighted by atomic mass is 32.2. The second-order valence-electron chi connectivity index (χ2n) is 8.55. The third-order valence-electron chi connectivity index (χ3n) is 4.12. The number of hydrogen-bond donors (Lipinski definition) is 6. The third-order valence-corrected chi connectivity index (χ3v) is 5.10. The van der Waals surface area contributed by atoms with Crippen LogP contribution in [0.4, 0.5) is 4.79 Å². The second kappa shape index (κ2) is 16.5. The Morgan fingerprint density at radius 3 is 2.03 bits per heavy atom. The quantitative estimate of drug-likeness (QED) is 0.141. The van der Waals surface area contributed by atoms with Crippen LogP contribution in [-0.2, 0) is 19.1 Å². The number of hydrogen-bond acceptors (Lipinski definition) is 9. The van der Waals surface area contributed by atoms with Gasteiger partial charge in [-0.05, 0) is 27.2 Å². The van der Waals surface area contributed by atoms with Crippen molar-refractivity contribution >= 4 is 40.7 Å². The lowest BCUT2D eigenvalue weighted by atomic mass is 10.2. The van der Waals surface area contributed by atoms with Gasteiger partial charge in [0.25, 0.3) is 0 Å². The molecule has 0 spiro atoms. The van der Waals surface area contributed by atoms with Crippen LogP contribution in [0.5, 0.6) is 0 Å². The fourth-order valence-corrected chi connectivity index (χ4v) is 3.18. The van der Waals surface area contributed by atoms with E-state index in [0.717, 1.165) is 11.8 Å². The van der Waals surface area contributed by atoms with Gasteiger partial charge in [0, 0.05) is 24.4 Å². The van der Waals surface area contributed by atoms with E-state index >= 15 is 0 Å². The van der Waals surface area contributed by atoms with Gasteiger partial charge in [0.1, 0.15) is 11.8 Å². The molecular weight excluding hydrogens is 490 g/mol. The summed E-state index contributed by atoms with van der Waals surface area (Å²) in [5.41, 5.74) is -0.0701. The minimum absolute atomic E-state index is 0.0493. The van der Waals surface area contributed by atoms with Crippen molar-refractivity contribution in [2.75, 3.05) is 38.5 Å². The smallest absolute Gasteiger partial charge is 0.407 e. The van der Waals surface area contributed by atoms with Crippen molar-refractivity contribution in [1.29, 1.82) is 0 Å². The summed E-state index contributed by atoms with van der Waals surface area (Å²) < 4.78 is 5.09. The summed E-state index contributed by atoms with van der Waals surface area (Å²) in [4.78, 5) is 58.8. The zero-order valence-electron chi connectivity index (χ0n) is 20.7. The summed E-state index contributed by atoms with van der Waals surface area (Å²) in [5, 5.41) is 22.1. The van der Waals surface area contributed by atoms with E-state index in [-0.39, 0.29) is 30.5 Å². The average Bonchev–Trinajstić information content (AvgIpc) is 2.82. The van der Waals surface area contributed by atoms with E-state index in [1.807, 2.05) is 0 Å². The van der Waals surface area contributed by atoms with E-state index in [1.54, 1.807) is 51.1 Å². The number of ether oxygens (including phenoxy) is 1. The maximum absolute atomic E-state index is 12.0. The van der Waals surface area contributed by atoms with Gasteiger partial charge in [-0.15, -0.1) is 0 Å². The number of aliphatic hydroxyl groups is 1. The van der Waals surface area contributed by atoms with Crippen molar-refractivity contribution in [2.24, 2.45) is 0 Å². The summed E-state index contributed by atoms with van der Waals surface area (Å²) in [6, 6.07) is 8.62. The van der Waals surface area contributed by atoms with Gasteiger partial charge in [-0.3, -0.25) is 24.5 Å². The van der Waals surface area contributed by atoms with E-state index in [9.17, 15) is 29.1 Å². The summed E-state index contributed by atoms with van der Waals surface area (Å²) in [7, 11) is 0. The summed E-state index contributed by atoms with van der Waals surface area (Å²) in [6.45, 7) is 5.02. The third kappa shape index (κ3) is 15.7. The molecule has 0 saturated carbocycles. The van der Waals surface area contributed by atoms with Crippen LogP contribution in [0, 0.1) is 0 Å². The van der Waals surface area contributed by atoms with Crippen LogP contribution in [0.1, 0.15) is 37.6 Å². The number of benzene rings is 1. The lowest BCUT2D eigenvalue weighted by Gasteiger charge is -2.19. The Kier molecular flexibility index (Phi) is 14.1.